The second-order valence-corrected chi connectivity index (χ2v) is 11.8. The van der Waals surface area contributed by atoms with Gasteiger partial charge in [-0.15, -0.1) is 0 Å². The highest BCUT2D eigenvalue weighted by atomic mass is 79.9. The summed E-state index contributed by atoms with van der Waals surface area (Å²) < 4.78 is 12.9. The van der Waals surface area contributed by atoms with E-state index in [-0.39, 0.29) is 23.8 Å². The largest absolute Gasteiger partial charge is 0.495 e. The monoisotopic (exact) mass is 671 g/mol. The van der Waals surface area contributed by atoms with Gasteiger partial charge in [-0.3, -0.25) is 4.79 Å². The highest BCUT2D eigenvalue weighted by Crippen LogP contribution is 2.39. The van der Waals surface area contributed by atoms with Crippen LogP contribution in [0.1, 0.15) is 35.7 Å². The molecule has 0 aromatic heterocycles. The van der Waals surface area contributed by atoms with E-state index >= 15 is 0 Å². The van der Waals surface area contributed by atoms with Crippen LogP contribution in [0.3, 0.4) is 0 Å². The van der Waals surface area contributed by atoms with Gasteiger partial charge in [0, 0.05) is 16.5 Å². The summed E-state index contributed by atoms with van der Waals surface area (Å²) in [5.41, 5.74) is 2.16. The maximum atomic E-state index is 14.2. The van der Waals surface area contributed by atoms with E-state index in [1.807, 2.05) is 54.6 Å². The molecular formula is C35H34BrN3O6. The SMILES string of the molecule is COc1cc(CC(=O)C(C)(Oc2ccc(C(=O)O)cc2)[C@@H]2CCCN2)cc(-c2ccccc2)c1NC(=O)Nc1ccccc1Br. The molecule has 1 unspecified atom stereocenters. The van der Waals surface area contributed by atoms with Crippen molar-refractivity contribution in [2.45, 2.75) is 37.8 Å². The highest BCUT2D eigenvalue weighted by Gasteiger charge is 2.44. The van der Waals surface area contributed by atoms with Crippen molar-refractivity contribution in [2.75, 3.05) is 24.3 Å². The Morgan fingerprint density at radius 3 is 2.33 bits per heavy atom. The van der Waals surface area contributed by atoms with Gasteiger partial charge in [0.15, 0.2) is 11.4 Å². The number of carboxylic acid groups (broad SMARTS) is 1. The second kappa shape index (κ2) is 14.0. The predicted molar refractivity (Wildman–Crippen MR) is 177 cm³/mol. The maximum Gasteiger partial charge on any atom is 0.335 e. The molecule has 1 aliphatic heterocycles. The van der Waals surface area contributed by atoms with Gasteiger partial charge in [0.2, 0.25) is 0 Å². The van der Waals surface area contributed by atoms with Gasteiger partial charge in [0.05, 0.1) is 30.1 Å². The summed E-state index contributed by atoms with van der Waals surface area (Å²) in [6.45, 7) is 2.55. The Hall–Kier alpha value is -4.67. The first-order valence-corrected chi connectivity index (χ1v) is 15.3. The molecule has 2 amide bonds. The van der Waals surface area contributed by atoms with Crippen LogP contribution >= 0.6 is 15.9 Å². The van der Waals surface area contributed by atoms with Crippen LogP contribution in [0.2, 0.25) is 0 Å². The van der Waals surface area contributed by atoms with E-state index in [0.29, 0.717) is 34.0 Å². The number of carboxylic acids is 1. The van der Waals surface area contributed by atoms with Gasteiger partial charge in [-0.05, 0) is 102 Å². The van der Waals surface area contributed by atoms with Crippen molar-refractivity contribution in [3.05, 3.63) is 107 Å². The quantitative estimate of drug-likeness (QED) is 0.133. The van der Waals surface area contributed by atoms with Crippen LogP contribution in [0.4, 0.5) is 16.2 Å². The fraction of sp³-hybridized carbons (Fsp3) is 0.229. The van der Waals surface area contributed by atoms with E-state index in [0.717, 1.165) is 29.4 Å². The number of para-hydroxylation sites is 1. The van der Waals surface area contributed by atoms with Crippen LogP contribution in [0.25, 0.3) is 11.1 Å². The smallest absolute Gasteiger partial charge is 0.335 e. The highest BCUT2D eigenvalue weighted by molar-refractivity contribution is 9.10. The molecule has 1 fully saturated rings. The number of carbonyl (C=O) groups is 3. The summed E-state index contributed by atoms with van der Waals surface area (Å²) in [6, 6.07) is 25.9. The number of Topliss-reactive ketones (excluding diaryl/α,β-unsaturated/α-hetero) is 1. The molecule has 5 rings (SSSR count). The standard InChI is InChI=1S/C35H34BrN3O6/c1-35(30-13-8-18-37-30,45-25-16-14-24(15-17-25)33(41)42)31(40)21-22-19-26(23-9-4-3-5-10-23)32(29(20-22)44-2)39-34(43)38-28-12-7-6-11-27(28)36/h3-7,9-12,14-17,19-20,30,37H,8,13,18,21H2,1-2H3,(H,41,42)(H2,38,39,43)/t30-,35?/m0/s1. The van der Waals surface area contributed by atoms with Gasteiger partial charge in [-0.1, -0.05) is 42.5 Å². The zero-order valence-electron chi connectivity index (χ0n) is 24.9. The average molecular weight is 673 g/mol. The van der Waals surface area contributed by atoms with E-state index in [2.05, 4.69) is 31.9 Å². The molecule has 9 nitrogen and oxygen atoms in total. The fourth-order valence-corrected chi connectivity index (χ4v) is 5.87. The van der Waals surface area contributed by atoms with Gasteiger partial charge < -0.3 is 30.5 Å². The number of rotatable bonds is 11. The summed E-state index contributed by atoms with van der Waals surface area (Å²) in [5, 5.41) is 18.5. The third-order valence-electron chi connectivity index (χ3n) is 7.90. The van der Waals surface area contributed by atoms with Crippen molar-refractivity contribution < 1.29 is 29.0 Å². The van der Waals surface area contributed by atoms with Crippen molar-refractivity contribution in [1.29, 1.82) is 0 Å². The Morgan fingerprint density at radius 2 is 1.69 bits per heavy atom. The minimum Gasteiger partial charge on any atom is -0.495 e. The summed E-state index contributed by atoms with van der Waals surface area (Å²) in [6.07, 6.45) is 1.69. The summed E-state index contributed by atoms with van der Waals surface area (Å²) >= 11 is 3.45. The number of anilines is 2. The molecule has 0 radical (unpaired) electrons. The number of benzene rings is 4. The maximum absolute atomic E-state index is 14.2. The summed E-state index contributed by atoms with van der Waals surface area (Å²) in [4.78, 5) is 38.6. The van der Waals surface area contributed by atoms with E-state index in [1.165, 1.54) is 19.2 Å². The Balaban J connectivity index is 1.47. The third kappa shape index (κ3) is 7.35. The van der Waals surface area contributed by atoms with Gasteiger partial charge in [-0.25, -0.2) is 9.59 Å². The lowest BCUT2D eigenvalue weighted by Crippen LogP contribution is -2.56. The molecule has 1 aliphatic rings. The van der Waals surface area contributed by atoms with Crippen molar-refractivity contribution >= 4 is 45.1 Å². The van der Waals surface area contributed by atoms with E-state index in [4.69, 9.17) is 9.47 Å². The van der Waals surface area contributed by atoms with Crippen LogP contribution in [0, 0.1) is 0 Å². The minimum absolute atomic E-state index is 0.0293. The van der Waals surface area contributed by atoms with Crippen molar-refractivity contribution in [3.8, 4) is 22.6 Å². The van der Waals surface area contributed by atoms with Crippen LogP contribution in [0.5, 0.6) is 11.5 Å². The van der Waals surface area contributed by atoms with Gasteiger partial charge in [0.1, 0.15) is 11.5 Å². The number of hydrogen-bond acceptors (Lipinski definition) is 6. The van der Waals surface area contributed by atoms with Crippen molar-refractivity contribution in [3.63, 3.8) is 0 Å². The Kier molecular flexibility index (Phi) is 9.85. The predicted octanol–water partition coefficient (Wildman–Crippen LogP) is 7.17. The number of halogens is 1. The number of nitrogens with one attached hydrogen (secondary N) is 3. The molecule has 4 N–H and O–H groups in total. The lowest BCUT2D eigenvalue weighted by Gasteiger charge is -2.35. The van der Waals surface area contributed by atoms with Crippen LogP contribution in [0.15, 0.2) is 95.5 Å². The number of aromatic carboxylic acids is 1. The number of hydrogen-bond donors (Lipinski definition) is 4. The molecule has 4 aromatic rings. The first-order valence-electron chi connectivity index (χ1n) is 14.6. The Labute approximate surface area is 270 Å². The molecule has 1 heterocycles. The molecule has 0 bridgehead atoms. The zero-order chi connectivity index (χ0) is 32.0. The third-order valence-corrected chi connectivity index (χ3v) is 8.59. The van der Waals surface area contributed by atoms with Gasteiger partial charge in [-0.2, -0.15) is 0 Å². The number of urea groups is 1. The molecule has 0 spiro atoms. The molecule has 45 heavy (non-hydrogen) atoms. The van der Waals surface area contributed by atoms with Crippen molar-refractivity contribution in [2.24, 2.45) is 0 Å². The molecule has 1 saturated heterocycles. The average Bonchev–Trinajstić information content (AvgIpc) is 3.59. The van der Waals surface area contributed by atoms with E-state index in [9.17, 15) is 19.5 Å². The first-order chi connectivity index (χ1) is 21.7. The normalized spacial score (nSPS) is 15.5. The molecule has 0 aliphatic carbocycles. The lowest BCUT2D eigenvalue weighted by atomic mass is 9.86. The molecule has 2 atom stereocenters. The molecule has 232 valence electrons. The number of amides is 2. The number of ketones is 1. The van der Waals surface area contributed by atoms with Crippen LogP contribution in [-0.2, 0) is 11.2 Å². The van der Waals surface area contributed by atoms with Crippen molar-refractivity contribution in [1.82, 2.24) is 5.32 Å². The zero-order valence-corrected chi connectivity index (χ0v) is 26.5. The molecule has 0 saturated carbocycles. The first kappa shape index (κ1) is 31.7. The Morgan fingerprint density at radius 1 is 0.978 bits per heavy atom. The number of carbonyl (C=O) groups excluding carboxylic acids is 2. The fourth-order valence-electron chi connectivity index (χ4n) is 5.49. The van der Waals surface area contributed by atoms with Gasteiger partial charge in [0.25, 0.3) is 0 Å². The van der Waals surface area contributed by atoms with Gasteiger partial charge >= 0.3 is 12.0 Å². The molecule has 10 heteroatoms. The van der Waals surface area contributed by atoms with E-state index < -0.39 is 17.6 Å². The number of methoxy groups -OCH3 is 1. The lowest BCUT2D eigenvalue weighted by molar-refractivity contribution is -0.134. The van der Waals surface area contributed by atoms with Crippen LogP contribution in [-0.4, -0.2) is 48.2 Å². The number of ether oxygens (including phenoxy) is 2. The summed E-state index contributed by atoms with van der Waals surface area (Å²) in [7, 11) is 1.52. The molecular weight excluding hydrogens is 638 g/mol. The molecule has 4 aromatic carbocycles. The topological polar surface area (TPSA) is 126 Å². The Bertz CT molecular complexity index is 1690. The minimum atomic E-state index is -1.23. The van der Waals surface area contributed by atoms with E-state index in [1.54, 1.807) is 31.2 Å². The van der Waals surface area contributed by atoms with Crippen LogP contribution < -0.4 is 25.4 Å². The second-order valence-electron chi connectivity index (χ2n) is 10.9. The summed E-state index contributed by atoms with van der Waals surface area (Å²) in [5.74, 6) is -0.392.